The quantitative estimate of drug-likeness (QED) is 0.708. The van der Waals surface area contributed by atoms with Crippen molar-refractivity contribution in [3.05, 3.63) is 40.1 Å². The van der Waals surface area contributed by atoms with Crippen LogP contribution in [-0.4, -0.2) is 33.1 Å². The van der Waals surface area contributed by atoms with Gasteiger partial charge in [0.2, 0.25) is 10.0 Å². The summed E-state index contributed by atoms with van der Waals surface area (Å²) in [4.78, 5) is 15.4. The van der Waals surface area contributed by atoms with E-state index in [-0.39, 0.29) is 23.1 Å². The predicted molar refractivity (Wildman–Crippen MR) is 85.6 cm³/mol. The van der Waals surface area contributed by atoms with Gasteiger partial charge in [0.25, 0.3) is 0 Å². The number of rotatable bonds is 7. The van der Waals surface area contributed by atoms with Crippen molar-refractivity contribution in [2.75, 3.05) is 13.7 Å². The fourth-order valence-corrected chi connectivity index (χ4v) is 3.53. The SMILES string of the molecule is CCOC(=O)Cc1csc([N-]S(=O)(=O)c2ccc(OC)cc2)n1. The molecule has 124 valence electrons. The maximum atomic E-state index is 12.2. The highest BCUT2D eigenvalue weighted by molar-refractivity contribution is 7.94. The summed E-state index contributed by atoms with van der Waals surface area (Å²) in [6.45, 7) is 1.99. The maximum Gasteiger partial charge on any atom is 0.309 e. The van der Waals surface area contributed by atoms with Crippen molar-refractivity contribution >= 4 is 32.5 Å². The molecule has 0 saturated heterocycles. The number of ether oxygens (including phenoxy) is 2. The summed E-state index contributed by atoms with van der Waals surface area (Å²) in [7, 11) is -2.37. The van der Waals surface area contributed by atoms with Crippen LogP contribution < -0.4 is 4.74 Å². The second-order valence-corrected chi connectivity index (χ2v) is 6.79. The van der Waals surface area contributed by atoms with Crippen LogP contribution in [0.5, 0.6) is 5.75 Å². The molecule has 0 amide bonds. The lowest BCUT2D eigenvalue weighted by atomic mass is 10.3. The highest BCUT2D eigenvalue weighted by Crippen LogP contribution is 2.31. The summed E-state index contributed by atoms with van der Waals surface area (Å²) in [6.07, 6.45) is -0.0115. The van der Waals surface area contributed by atoms with Gasteiger partial charge in [-0.05, 0) is 42.3 Å². The summed E-state index contributed by atoms with van der Waals surface area (Å²) >= 11 is 1.05. The maximum absolute atomic E-state index is 12.2. The van der Waals surface area contributed by atoms with E-state index in [1.165, 1.54) is 31.4 Å². The minimum absolute atomic E-state index is 0.0115. The fourth-order valence-electron chi connectivity index (χ4n) is 1.68. The zero-order valence-electron chi connectivity index (χ0n) is 12.6. The standard InChI is InChI=1S/C14H15N2O5S2/c1-3-21-13(17)8-10-9-22-14(15-10)16-23(18,19)12-6-4-11(20-2)5-7-12/h4-7,9H,3,8H2,1-2H3/q-1. The van der Waals surface area contributed by atoms with E-state index in [9.17, 15) is 13.2 Å². The van der Waals surface area contributed by atoms with Crippen molar-refractivity contribution in [1.82, 2.24) is 4.98 Å². The van der Waals surface area contributed by atoms with Crippen molar-refractivity contribution in [1.29, 1.82) is 0 Å². The molecule has 0 spiro atoms. The average Bonchev–Trinajstić information content (AvgIpc) is 2.93. The molecule has 2 aromatic rings. The van der Waals surface area contributed by atoms with E-state index >= 15 is 0 Å². The van der Waals surface area contributed by atoms with Gasteiger partial charge in [-0.1, -0.05) is 0 Å². The number of aromatic nitrogens is 1. The molecule has 0 aliphatic heterocycles. The van der Waals surface area contributed by atoms with Crippen molar-refractivity contribution in [2.24, 2.45) is 0 Å². The van der Waals surface area contributed by atoms with Crippen LogP contribution in [0.3, 0.4) is 0 Å². The first-order chi connectivity index (χ1) is 10.9. The summed E-state index contributed by atoms with van der Waals surface area (Å²) in [6, 6.07) is 5.89. The predicted octanol–water partition coefficient (Wildman–Crippen LogP) is 2.65. The van der Waals surface area contributed by atoms with Crippen LogP contribution >= 0.6 is 11.3 Å². The lowest BCUT2D eigenvalue weighted by Crippen LogP contribution is -2.07. The van der Waals surface area contributed by atoms with Gasteiger partial charge in [0, 0.05) is 5.13 Å². The van der Waals surface area contributed by atoms with Crippen LogP contribution in [0.4, 0.5) is 5.13 Å². The second kappa shape index (κ2) is 7.42. The number of esters is 1. The number of thiazole rings is 1. The van der Waals surface area contributed by atoms with Crippen molar-refractivity contribution in [3.63, 3.8) is 0 Å². The van der Waals surface area contributed by atoms with Gasteiger partial charge < -0.3 is 19.2 Å². The smallest absolute Gasteiger partial charge is 0.309 e. The number of sulfonamides is 1. The minimum atomic E-state index is -3.86. The summed E-state index contributed by atoms with van der Waals surface area (Å²) in [5, 5.41) is 1.65. The fraction of sp³-hybridized carbons (Fsp3) is 0.286. The van der Waals surface area contributed by atoms with E-state index in [2.05, 4.69) is 9.71 Å². The Morgan fingerprint density at radius 1 is 1.30 bits per heavy atom. The first kappa shape index (κ1) is 17.2. The molecule has 2 rings (SSSR count). The molecule has 0 aliphatic rings. The number of hydrogen-bond donors (Lipinski definition) is 0. The molecule has 1 heterocycles. The molecule has 0 fully saturated rings. The zero-order valence-corrected chi connectivity index (χ0v) is 14.2. The van der Waals surface area contributed by atoms with Gasteiger partial charge in [0.1, 0.15) is 5.75 Å². The molecular formula is C14H15N2O5S2-. The van der Waals surface area contributed by atoms with Gasteiger partial charge in [-0.3, -0.25) is 4.79 Å². The molecule has 9 heteroatoms. The van der Waals surface area contributed by atoms with E-state index in [4.69, 9.17) is 9.47 Å². The molecule has 0 aliphatic carbocycles. The Balaban J connectivity index is 2.08. The molecule has 23 heavy (non-hydrogen) atoms. The average molecular weight is 355 g/mol. The van der Waals surface area contributed by atoms with Gasteiger partial charge in [0.05, 0.1) is 25.0 Å². The number of benzene rings is 1. The lowest BCUT2D eigenvalue weighted by molar-refractivity contribution is -0.142. The zero-order chi connectivity index (χ0) is 16.9. The summed E-state index contributed by atoms with van der Waals surface area (Å²) < 4.78 is 37.9. The number of methoxy groups -OCH3 is 1. The van der Waals surface area contributed by atoms with Crippen molar-refractivity contribution in [2.45, 2.75) is 18.2 Å². The molecule has 1 aromatic heterocycles. The van der Waals surface area contributed by atoms with Gasteiger partial charge in [-0.25, -0.2) is 8.42 Å². The molecular weight excluding hydrogens is 340 g/mol. The van der Waals surface area contributed by atoms with E-state index in [1.54, 1.807) is 12.3 Å². The van der Waals surface area contributed by atoms with E-state index in [1.807, 2.05) is 0 Å². The first-order valence-corrected chi connectivity index (χ1v) is 8.98. The number of hydrogen-bond acceptors (Lipinski definition) is 7. The summed E-state index contributed by atoms with van der Waals surface area (Å²) in [5.41, 5.74) is 0.428. The van der Waals surface area contributed by atoms with Crippen LogP contribution in [0, 0.1) is 0 Å². The van der Waals surface area contributed by atoms with Crippen LogP contribution in [-0.2, 0) is 26.0 Å². The lowest BCUT2D eigenvalue weighted by Gasteiger charge is -2.12. The van der Waals surface area contributed by atoms with E-state index in [0.29, 0.717) is 11.4 Å². The van der Waals surface area contributed by atoms with Crippen LogP contribution in [0.1, 0.15) is 12.6 Å². The molecule has 0 bridgehead atoms. The van der Waals surface area contributed by atoms with Crippen molar-refractivity contribution in [3.8, 4) is 5.75 Å². The number of nitrogens with zero attached hydrogens (tertiary/aromatic N) is 2. The topological polar surface area (TPSA) is 96.7 Å². The third-order valence-electron chi connectivity index (χ3n) is 2.73. The Kier molecular flexibility index (Phi) is 5.56. The molecule has 0 atom stereocenters. The number of carbonyl (C=O) groups excluding carboxylic acids is 1. The molecule has 0 saturated carbocycles. The Morgan fingerprint density at radius 3 is 2.61 bits per heavy atom. The minimum Gasteiger partial charge on any atom is -0.497 e. The van der Waals surface area contributed by atoms with E-state index < -0.39 is 16.0 Å². The van der Waals surface area contributed by atoms with Gasteiger partial charge >= 0.3 is 5.97 Å². The first-order valence-electron chi connectivity index (χ1n) is 6.66. The third kappa shape index (κ3) is 4.67. The van der Waals surface area contributed by atoms with Crippen molar-refractivity contribution < 1.29 is 22.7 Å². The normalized spacial score (nSPS) is 11.0. The molecule has 0 unspecified atom stereocenters. The van der Waals surface area contributed by atoms with Gasteiger partial charge in [-0.2, -0.15) is 11.3 Å². The molecule has 1 aromatic carbocycles. The summed E-state index contributed by atoms with van der Waals surface area (Å²) in [5.74, 6) is 0.136. The van der Waals surface area contributed by atoms with Crippen LogP contribution in [0.2, 0.25) is 0 Å². The highest BCUT2D eigenvalue weighted by atomic mass is 32.2. The largest absolute Gasteiger partial charge is 0.497 e. The molecule has 0 radical (unpaired) electrons. The Hall–Kier alpha value is -2.13. The monoisotopic (exact) mass is 355 g/mol. The molecule has 0 N–H and O–H groups in total. The number of carbonyl (C=O) groups is 1. The Bertz CT molecular complexity index is 769. The Labute approximate surface area is 138 Å². The second-order valence-electron chi connectivity index (χ2n) is 4.35. The van der Waals surface area contributed by atoms with Gasteiger partial charge in [-0.15, -0.1) is 0 Å². The molecule has 7 nitrogen and oxygen atoms in total. The van der Waals surface area contributed by atoms with Crippen LogP contribution in [0.25, 0.3) is 4.72 Å². The van der Waals surface area contributed by atoms with Crippen LogP contribution in [0.15, 0.2) is 34.5 Å². The third-order valence-corrected chi connectivity index (χ3v) is 4.91. The highest BCUT2D eigenvalue weighted by Gasteiger charge is 2.11. The Morgan fingerprint density at radius 2 is 2.00 bits per heavy atom. The van der Waals surface area contributed by atoms with E-state index in [0.717, 1.165) is 11.3 Å². The van der Waals surface area contributed by atoms with Gasteiger partial charge in [0.15, 0.2) is 0 Å².